The minimum atomic E-state index is -1.96. The van der Waals surface area contributed by atoms with Crippen LogP contribution in [-0.4, -0.2) is 8.07 Å². The molecule has 3 aliphatic rings. The van der Waals surface area contributed by atoms with Crippen molar-refractivity contribution in [3.8, 4) is 11.1 Å². The molecule has 7 aromatic rings. The van der Waals surface area contributed by atoms with Crippen LogP contribution in [0.15, 0.2) is 191 Å². The molecule has 0 saturated carbocycles. The fourth-order valence-electron chi connectivity index (χ4n) is 8.23. The molecule has 1 nitrogen and oxygen atoms in total. The Hall–Kier alpha value is -4.04. The summed E-state index contributed by atoms with van der Waals surface area (Å²) in [5, 5.41) is 3.04. The standard InChI is InChI=1S/C47H37NS4Si/c1-47(2)33-15-5-6-19-37(33)50-45-34(47)16-12-17-35(45)48(36-18-13-25-43-46(36)52-40-22-9-10-24-42(40)53(43,3)4)31-28-26-30(27-29-31)32-14-11-23-41-44(32)51-39-21-8-7-20-38(39)49-41/h5-29H,1-4H3. The van der Waals surface area contributed by atoms with Crippen LogP contribution in [0.2, 0.25) is 13.1 Å². The molecule has 3 heterocycles. The van der Waals surface area contributed by atoms with Gasteiger partial charge < -0.3 is 4.90 Å². The lowest BCUT2D eigenvalue weighted by Crippen LogP contribution is -2.56. The van der Waals surface area contributed by atoms with Crippen molar-refractivity contribution in [2.24, 2.45) is 0 Å². The molecule has 6 heteroatoms. The highest BCUT2D eigenvalue weighted by Gasteiger charge is 2.39. The summed E-state index contributed by atoms with van der Waals surface area (Å²) in [7, 11) is -1.96. The van der Waals surface area contributed by atoms with Gasteiger partial charge in [0.1, 0.15) is 8.07 Å². The van der Waals surface area contributed by atoms with Crippen LogP contribution >= 0.6 is 47.0 Å². The zero-order valence-electron chi connectivity index (χ0n) is 30.0. The van der Waals surface area contributed by atoms with E-state index in [-0.39, 0.29) is 5.41 Å². The second-order valence-electron chi connectivity index (χ2n) is 14.9. The molecule has 258 valence electrons. The topological polar surface area (TPSA) is 3.24 Å². The third kappa shape index (κ3) is 5.40. The van der Waals surface area contributed by atoms with Crippen molar-refractivity contribution in [2.75, 3.05) is 4.90 Å². The first kappa shape index (κ1) is 33.5. The normalized spacial score (nSPS) is 15.5. The predicted molar refractivity (Wildman–Crippen MR) is 231 cm³/mol. The molecule has 10 rings (SSSR count). The highest BCUT2D eigenvalue weighted by molar-refractivity contribution is 8.05. The van der Waals surface area contributed by atoms with E-state index >= 15 is 0 Å². The Labute approximate surface area is 330 Å². The molecule has 0 aromatic heterocycles. The molecular formula is C47H37NS4Si. The molecule has 0 spiro atoms. The third-order valence-electron chi connectivity index (χ3n) is 11.1. The van der Waals surface area contributed by atoms with Crippen LogP contribution in [0.5, 0.6) is 0 Å². The summed E-state index contributed by atoms with van der Waals surface area (Å²) < 4.78 is 0. The molecule has 3 aliphatic heterocycles. The number of nitrogens with zero attached hydrogens (tertiary/aromatic N) is 1. The Kier molecular flexibility index (Phi) is 8.08. The van der Waals surface area contributed by atoms with Crippen molar-refractivity contribution in [2.45, 2.75) is 71.5 Å². The van der Waals surface area contributed by atoms with Gasteiger partial charge in [0.2, 0.25) is 0 Å². The van der Waals surface area contributed by atoms with Gasteiger partial charge in [-0.1, -0.05) is 171 Å². The van der Waals surface area contributed by atoms with Crippen LogP contribution in [0.1, 0.15) is 25.0 Å². The average molecular weight is 772 g/mol. The first-order chi connectivity index (χ1) is 25.8. The Morgan fingerprint density at radius 3 is 1.77 bits per heavy atom. The van der Waals surface area contributed by atoms with Gasteiger partial charge in [0.15, 0.2) is 0 Å². The molecule has 0 bridgehead atoms. The lowest BCUT2D eigenvalue weighted by atomic mass is 9.77. The zero-order valence-corrected chi connectivity index (χ0v) is 34.3. The monoisotopic (exact) mass is 771 g/mol. The molecule has 0 atom stereocenters. The number of benzene rings is 7. The minimum absolute atomic E-state index is 0.123. The molecule has 53 heavy (non-hydrogen) atoms. The Balaban J connectivity index is 1.15. The average Bonchev–Trinajstić information content (AvgIpc) is 3.18. The van der Waals surface area contributed by atoms with Gasteiger partial charge in [0, 0.05) is 50.3 Å². The first-order valence-electron chi connectivity index (χ1n) is 18.1. The molecule has 0 N–H and O–H groups in total. The summed E-state index contributed by atoms with van der Waals surface area (Å²) in [6, 6.07) is 56.9. The molecule has 0 unspecified atom stereocenters. The van der Waals surface area contributed by atoms with E-state index in [2.05, 4.69) is 184 Å². The summed E-state index contributed by atoms with van der Waals surface area (Å²) in [5.74, 6) is 0. The SMILES string of the molecule is CC1(C)c2ccccc2Sc2c(N(c3ccc(-c4cccc5c4Sc4ccccc4S5)cc3)c3cccc4c3Sc3ccccc3[Si]4(C)C)cccc21. The van der Waals surface area contributed by atoms with Crippen LogP contribution in [0, 0.1) is 0 Å². The van der Waals surface area contributed by atoms with Crippen molar-refractivity contribution in [3.05, 3.63) is 163 Å². The Bertz CT molecular complexity index is 2480. The van der Waals surface area contributed by atoms with Crippen molar-refractivity contribution < 1.29 is 0 Å². The summed E-state index contributed by atoms with van der Waals surface area (Å²) >= 11 is 7.64. The van der Waals surface area contributed by atoms with Crippen LogP contribution in [0.3, 0.4) is 0 Å². The van der Waals surface area contributed by atoms with E-state index in [1.165, 1.54) is 88.9 Å². The third-order valence-corrected chi connectivity index (χ3v) is 20.0. The van der Waals surface area contributed by atoms with E-state index in [4.69, 9.17) is 0 Å². The summed E-state index contributed by atoms with van der Waals surface area (Å²) in [6.07, 6.45) is 0. The number of hydrogen-bond acceptors (Lipinski definition) is 5. The predicted octanol–water partition coefficient (Wildman–Crippen LogP) is 13.5. The van der Waals surface area contributed by atoms with Gasteiger partial charge in [0.05, 0.1) is 11.4 Å². The van der Waals surface area contributed by atoms with E-state index < -0.39 is 8.07 Å². The maximum atomic E-state index is 2.56. The van der Waals surface area contributed by atoms with Crippen LogP contribution in [0.25, 0.3) is 11.1 Å². The van der Waals surface area contributed by atoms with Crippen LogP contribution < -0.4 is 15.3 Å². The number of fused-ring (bicyclic) bond motifs is 6. The molecule has 0 radical (unpaired) electrons. The Morgan fingerprint density at radius 1 is 0.434 bits per heavy atom. The number of anilines is 3. The van der Waals surface area contributed by atoms with Gasteiger partial charge in [-0.2, -0.15) is 0 Å². The minimum Gasteiger partial charge on any atom is -0.308 e. The second kappa shape index (κ2) is 12.8. The number of rotatable bonds is 4. The lowest BCUT2D eigenvalue weighted by Gasteiger charge is -2.39. The zero-order chi connectivity index (χ0) is 35.9. The van der Waals surface area contributed by atoms with Gasteiger partial charge in [-0.15, -0.1) is 0 Å². The molecule has 7 aromatic carbocycles. The lowest BCUT2D eigenvalue weighted by molar-refractivity contribution is 0.607. The van der Waals surface area contributed by atoms with Crippen molar-refractivity contribution >= 4 is 82.6 Å². The van der Waals surface area contributed by atoms with Crippen molar-refractivity contribution in [3.63, 3.8) is 0 Å². The van der Waals surface area contributed by atoms with E-state index in [0.717, 1.165) is 0 Å². The second-order valence-corrected chi connectivity index (χ2v) is 23.5. The largest absolute Gasteiger partial charge is 0.308 e. The maximum absolute atomic E-state index is 2.56. The van der Waals surface area contributed by atoms with Gasteiger partial charge >= 0.3 is 0 Å². The van der Waals surface area contributed by atoms with Crippen molar-refractivity contribution in [1.82, 2.24) is 0 Å². The quantitative estimate of drug-likeness (QED) is 0.163. The van der Waals surface area contributed by atoms with Crippen LogP contribution in [-0.2, 0) is 5.41 Å². The molecule has 0 saturated heterocycles. The highest BCUT2D eigenvalue weighted by Crippen LogP contribution is 2.56. The smallest absolute Gasteiger partial charge is 0.115 e. The maximum Gasteiger partial charge on any atom is 0.115 e. The summed E-state index contributed by atoms with van der Waals surface area (Å²) in [5.41, 5.74) is 8.83. The summed E-state index contributed by atoms with van der Waals surface area (Å²) in [4.78, 5) is 13.3. The summed E-state index contributed by atoms with van der Waals surface area (Å²) in [6.45, 7) is 9.80. The van der Waals surface area contributed by atoms with E-state index in [9.17, 15) is 0 Å². The van der Waals surface area contributed by atoms with E-state index in [1.807, 2.05) is 47.0 Å². The van der Waals surface area contributed by atoms with Gasteiger partial charge in [-0.05, 0) is 87.2 Å². The Morgan fingerprint density at radius 2 is 0.981 bits per heavy atom. The molecular weight excluding hydrogens is 735 g/mol. The van der Waals surface area contributed by atoms with Gasteiger partial charge in [-0.25, -0.2) is 0 Å². The fraction of sp³-hybridized carbons (Fsp3) is 0.106. The fourth-order valence-corrected chi connectivity index (χ4v) is 17.7. The van der Waals surface area contributed by atoms with E-state index in [1.54, 1.807) is 0 Å². The first-order valence-corrected chi connectivity index (χ1v) is 24.4. The van der Waals surface area contributed by atoms with Crippen molar-refractivity contribution in [1.29, 1.82) is 0 Å². The highest BCUT2D eigenvalue weighted by atomic mass is 32.2. The molecule has 0 fully saturated rings. The van der Waals surface area contributed by atoms with Crippen LogP contribution in [0.4, 0.5) is 17.1 Å². The molecule has 0 aliphatic carbocycles. The van der Waals surface area contributed by atoms with E-state index in [0.29, 0.717) is 0 Å². The molecule has 0 amide bonds. The van der Waals surface area contributed by atoms with Gasteiger partial charge in [-0.3, -0.25) is 0 Å². The number of hydrogen-bond donors (Lipinski definition) is 0. The van der Waals surface area contributed by atoms with Gasteiger partial charge in [0.25, 0.3) is 0 Å².